The summed E-state index contributed by atoms with van der Waals surface area (Å²) in [7, 11) is 1.58. The highest BCUT2D eigenvalue weighted by Gasteiger charge is 2.23. The number of hydrogen-bond acceptors (Lipinski definition) is 6. The zero-order valence-corrected chi connectivity index (χ0v) is 16.8. The standard InChI is InChI=1S/C22H26N2O5/c1-3-27-18-7-5-17(13-20(18)26-2)22(25)24-10-8-23(9-11-24)14-16-4-6-19-21(12-16)29-15-28-19/h4-7,12-13H,3,8-11,14-15H2,1-2H3. The van der Waals surface area contributed by atoms with Crippen LogP contribution in [0.15, 0.2) is 36.4 Å². The number of benzene rings is 2. The summed E-state index contributed by atoms with van der Waals surface area (Å²) >= 11 is 0. The summed E-state index contributed by atoms with van der Waals surface area (Å²) in [5.41, 5.74) is 1.81. The topological polar surface area (TPSA) is 60.5 Å². The molecule has 0 aromatic heterocycles. The zero-order valence-electron chi connectivity index (χ0n) is 16.8. The van der Waals surface area contributed by atoms with E-state index < -0.39 is 0 Å². The van der Waals surface area contributed by atoms with Crippen molar-refractivity contribution in [3.8, 4) is 23.0 Å². The Kier molecular flexibility index (Phi) is 5.76. The Hall–Kier alpha value is -2.93. The van der Waals surface area contributed by atoms with Gasteiger partial charge in [0.15, 0.2) is 23.0 Å². The highest BCUT2D eigenvalue weighted by Crippen LogP contribution is 2.33. The van der Waals surface area contributed by atoms with Gasteiger partial charge in [0.2, 0.25) is 6.79 Å². The maximum Gasteiger partial charge on any atom is 0.254 e. The van der Waals surface area contributed by atoms with Crippen molar-refractivity contribution < 1.29 is 23.7 Å². The minimum atomic E-state index is 0.0223. The molecule has 1 saturated heterocycles. The third kappa shape index (κ3) is 4.24. The molecule has 2 aliphatic rings. The number of rotatable bonds is 6. The Morgan fingerprint density at radius 3 is 2.55 bits per heavy atom. The van der Waals surface area contributed by atoms with E-state index in [4.69, 9.17) is 18.9 Å². The van der Waals surface area contributed by atoms with Gasteiger partial charge in [-0.3, -0.25) is 9.69 Å². The molecular weight excluding hydrogens is 372 g/mol. The van der Waals surface area contributed by atoms with E-state index in [2.05, 4.69) is 11.0 Å². The number of carbonyl (C=O) groups excluding carboxylic acids is 1. The molecule has 2 aromatic carbocycles. The number of ether oxygens (including phenoxy) is 4. The third-order valence-electron chi connectivity index (χ3n) is 5.21. The maximum atomic E-state index is 12.9. The second-order valence-electron chi connectivity index (χ2n) is 7.05. The van der Waals surface area contributed by atoms with Gasteiger partial charge in [-0.25, -0.2) is 0 Å². The van der Waals surface area contributed by atoms with Gasteiger partial charge in [-0.2, -0.15) is 0 Å². The monoisotopic (exact) mass is 398 g/mol. The van der Waals surface area contributed by atoms with E-state index >= 15 is 0 Å². The lowest BCUT2D eigenvalue weighted by Gasteiger charge is -2.35. The van der Waals surface area contributed by atoms with Crippen LogP contribution in [-0.4, -0.2) is 62.4 Å². The Morgan fingerprint density at radius 2 is 1.79 bits per heavy atom. The maximum absolute atomic E-state index is 12.9. The number of nitrogens with zero attached hydrogens (tertiary/aromatic N) is 2. The van der Waals surface area contributed by atoms with Crippen LogP contribution in [0, 0.1) is 0 Å². The molecule has 1 amide bonds. The molecule has 154 valence electrons. The average Bonchev–Trinajstić information content (AvgIpc) is 3.22. The van der Waals surface area contributed by atoms with Crippen molar-refractivity contribution >= 4 is 5.91 Å². The van der Waals surface area contributed by atoms with Gasteiger partial charge in [-0.15, -0.1) is 0 Å². The summed E-state index contributed by atoms with van der Waals surface area (Å²) in [6.07, 6.45) is 0. The summed E-state index contributed by atoms with van der Waals surface area (Å²) in [6, 6.07) is 11.4. The fraction of sp³-hybridized carbons (Fsp3) is 0.409. The van der Waals surface area contributed by atoms with Crippen molar-refractivity contribution in [1.29, 1.82) is 0 Å². The predicted molar refractivity (Wildman–Crippen MR) is 108 cm³/mol. The molecule has 0 bridgehead atoms. The highest BCUT2D eigenvalue weighted by molar-refractivity contribution is 5.95. The van der Waals surface area contributed by atoms with E-state index in [0.717, 1.165) is 31.1 Å². The molecule has 2 heterocycles. The number of methoxy groups -OCH3 is 1. The van der Waals surface area contributed by atoms with E-state index in [1.165, 1.54) is 5.56 Å². The van der Waals surface area contributed by atoms with Crippen molar-refractivity contribution in [3.63, 3.8) is 0 Å². The third-order valence-corrected chi connectivity index (χ3v) is 5.21. The molecule has 0 aliphatic carbocycles. The largest absolute Gasteiger partial charge is 0.493 e. The van der Waals surface area contributed by atoms with Crippen LogP contribution in [0.2, 0.25) is 0 Å². The van der Waals surface area contributed by atoms with Crippen LogP contribution < -0.4 is 18.9 Å². The number of carbonyl (C=O) groups is 1. The van der Waals surface area contributed by atoms with Crippen LogP contribution in [0.4, 0.5) is 0 Å². The van der Waals surface area contributed by atoms with E-state index in [0.29, 0.717) is 36.8 Å². The lowest BCUT2D eigenvalue weighted by atomic mass is 10.1. The Balaban J connectivity index is 1.35. The Labute approximate surface area is 170 Å². The van der Waals surface area contributed by atoms with Crippen molar-refractivity contribution in [2.24, 2.45) is 0 Å². The Bertz CT molecular complexity index is 878. The molecule has 0 atom stereocenters. The second-order valence-corrected chi connectivity index (χ2v) is 7.05. The van der Waals surface area contributed by atoms with Gasteiger partial charge in [0.05, 0.1) is 13.7 Å². The fourth-order valence-electron chi connectivity index (χ4n) is 3.66. The SMILES string of the molecule is CCOc1ccc(C(=O)N2CCN(Cc3ccc4c(c3)OCO4)CC2)cc1OC. The molecule has 0 saturated carbocycles. The molecule has 7 heteroatoms. The average molecular weight is 398 g/mol. The molecule has 2 aromatic rings. The predicted octanol–water partition coefficient (Wildman–Crippen LogP) is 2.78. The van der Waals surface area contributed by atoms with Crippen LogP contribution in [0.1, 0.15) is 22.8 Å². The van der Waals surface area contributed by atoms with Gasteiger partial charge in [-0.05, 0) is 42.8 Å². The van der Waals surface area contributed by atoms with E-state index in [1.54, 1.807) is 25.3 Å². The lowest BCUT2D eigenvalue weighted by Crippen LogP contribution is -2.48. The molecule has 0 unspecified atom stereocenters. The smallest absolute Gasteiger partial charge is 0.254 e. The summed E-state index contributed by atoms with van der Waals surface area (Å²) in [6.45, 7) is 6.63. The number of piperazine rings is 1. The van der Waals surface area contributed by atoms with Crippen LogP contribution >= 0.6 is 0 Å². The normalized spacial score (nSPS) is 16.0. The molecular formula is C22H26N2O5. The van der Waals surface area contributed by atoms with Gasteiger partial charge < -0.3 is 23.8 Å². The first-order valence-corrected chi connectivity index (χ1v) is 9.89. The van der Waals surface area contributed by atoms with Crippen molar-refractivity contribution in [1.82, 2.24) is 9.80 Å². The first-order chi connectivity index (χ1) is 14.2. The van der Waals surface area contributed by atoms with E-state index in [-0.39, 0.29) is 12.7 Å². The summed E-state index contributed by atoms with van der Waals surface area (Å²) in [5, 5.41) is 0. The first-order valence-electron chi connectivity index (χ1n) is 9.89. The molecule has 2 aliphatic heterocycles. The summed E-state index contributed by atoms with van der Waals surface area (Å²) in [5.74, 6) is 2.86. The molecule has 0 N–H and O–H groups in total. The minimum absolute atomic E-state index is 0.0223. The van der Waals surface area contributed by atoms with Gasteiger partial charge in [0.25, 0.3) is 5.91 Å². The van der Waals surface area contributed by atoms with Gasteiger partial charge in [0.1, 0.15) is 0 Å². The van der Waals surface area contributed by atoms with E-state index in [9.17, 15) is 4.79 Å². The number of amides is 1. The van der Waals surface area contributed by atoms with Gasteiger partial charge in [-0.1, -0.05) is 6.07 Å². The molecule has 7 nitrogen and oxygen atoms in total. The van der Waals surface area contributed by atoms with Crippen molar-refractivity contribution in [2.45, 2.75) is 13.5 Å². The summed E-state index contributed by atoms with van der Waals surface area (Å²) < 4.78 is 21.7. The summed E-state index contributed by atoms with van der Waals surface area (Å²) in [4.78, 5) is 17.2. The van der Waals surface area contributed by atoms with Crippen molar-refractivity contribution in [3.05, 3.63) is 47.5 Å². The molecule has 29 heavy (non-hydrogen) atoms. The molecule has 1 fully saturated rings. The highest BCUT2D eigenvalue weighted by atomic mass is 16.7. The quantitative estimate of drug-likeness (QED) is 0.746. The van der Waals surface area contributed by atoms with E-state index in [1.807, 2.05) is 24.0 Å². The minimum Gasteiger partial charge on any atom is -0.493 e. The van der Waals surface area contributed by atoms with Crippen LogP contribution in [0.5, 0.6) is 23.0 Å². The van der Waals surface area contributed by atoms with Gasteiger partial charge >= 0.3 is 0 Å². The second kappa shape index (κ2) is 8.61. The van der Waals surface area contributed by atoms with Gasteiger partial charge in [0, 0.05) is 38.3 Å². The Morgan fingerprint density at radius 1 is 1.00 bits per heavy atom. The lowest BCUT2D eigenvalue weighted by molar-refractivity contribution is 0.0628. The van der Waals surface area contributed by atoms with Crippen LogP contribution in [0.3, 0.4) is 0 Å². The number of hydrogen-bond donors (Lipinski definition) is 0. The van der Waals surface area contributed by atoms with Crippen LogP contribution in [-0.2, 0) is 6.54 Å². The first kappa shape index (κ1) is 19.4. The number of fused-ring (bicyclic) bond motifs is 1. The van der Waals surface area contributed by atoms with Crippen molar-refractivity contribution in [2.75, 3.05) is 46.7 Å². The molecule has 4 rings (SSSR count). The molecule has 0 spiro atoms. The van der Waals surface area contributed by atoms with Crippen LogP contribution in [0.25, 0.3) is 0 Å². The fourth-order valence-corrected chi connectivity index (χ4v) is 3.66. The molecule has 0 radical (unpaired) electrons. The zero-order chi connectivity index (χ0) is 20.2.